The van der Waals surface area contributed by atoms with Gasteiger partial charge in [-0.2, -0.15) is 0 Å². The Morgan fingerprint density at radius 2 is 1.96 bits per heavy atom. The number of halogens is 1. The first kappa shape index (κ1) is 16.4. The Bertz CT molecular complexity index is 709. The molecule has 1 aliphatic rings. The van der Waals surface area contributed by atoms with Gasteiger partial charge in [0.1, 0.15) is 0 Å². The molecule has 0 aliphatic carbocycles. The summed E-state index contributed by atoms with van der Waals surface area (Å²) in [6, 6.07) is 3.60. The predicted octanol–water partition coefficient (Wildman–Crippen LogP) is 0.396. The number of rotatable bonds is 6. The molecule has 2 aromatic rings. The highest BCUT2D eigenvalue weighted by Crippen LogP contribution is 2.14. The second-order valence-electron chi connectivity index (χ2n) is 5.27. The summed E-state index contributed by atoms with van der Waals surface area (Å²) in [5.74, 6) is -0.494. The molecule has 0 bridgehead atoms. The molecule has 126 valence electrons. The maximum atomic E-state index is 12.2. The molecule has 0 aromatic carbocycles. The van der Waals surface area contributed by atoms with Crippen molar-refractivity contribution in [3.63, 3.8) is 0 Å². The predicted molar refractivity (Wildman–Crippen MR) is 85.4 cm³/mol. The van der Waals surface area contributed by atoms with Crippen LogP contribution in [0, 0.1) is 0 Å². The number of hydrogen-bond acceptors (Lipinski definition) is 5. The van der Waals surface area contributed by atoms with E-state index in [-0.39, 0.29) is 6.16 Å². The SMILES string of the molecule is O=C1C(=O)N(Cc2ccc(-n3ccnn3)nc2)CCN1CCPF. The molecule has 1 aliphatic heterocycles. The van der Waals surface area contributed by atoms with E-state index in [0.717, 1.165) is 5.56 Å². The average Bonchev–Trinajstić information content (AvgIpc) is 3.14. The van der Waals surface area contributed by atoms with Gasteiger partial charge in [0, 0.05) is 38.5 Å². The number of hydrogen-bond donors (Lipinski definition) is 0. The van der Waals surface area contributed by atoms with Crippen LogP contribution in [0.15, 0.2) is 30.7 Å². The number of pyridine rings is 1. The average molecular weight is 350 g/mol. The van der Waals surface area contributed by atoms with E-state index in [1.807, 2.05) is 6.07 Å². The zero-order valence-electron chi connectivity index (χ0n) is 12.8. The Labute approximate surface area is 139 Å². The number of nitrogens with zero attached hydrogens (tertiary/aromatic N) is 6. The van der Waals surface area contributed by atoms with E-state index in [4.69, 9.17) is 0 Å². The molecule has 1 atom stereocenters. The summed E-state index contributed by atoms with van der Waals surface area (Å²) in [5.41, 5.74) is 0.818. The van der Waals surface area contributed by atoms with Crippen molar-refractivity contribution in [3.05, 3.63) is 36.3 Å². The molecule has 1 saturated heterocycles. The van der Waals surface area contributed by atoms with E-state index < -0.39 is 20.7 Å². The fraction of sp³-hybridized carbons (Fsp3) is 0.357. The van der Waals surface area contributed by atoms with Crippen molar-refractivity contribution < 1.29 is 13.8 Å². The topological polar surface area (TPSA) is 84.2 Å². The minimum atomic E-state index is -0.714. The summed E-state index contributed by atoms with van der Waals surface area (Å²) in [4.78, 5) is 31.4. The third-order valence-corrected chi connectivity index (χ3v) is 4.13. The zero-order chi connectivity index (χ0) is 16.9. The molecule has 3 heterocycles. The lowest BCUT2D eigenvalue weighted by Gasteiger charge is -2.33. The van der Waals surface area contributed by atoms with Gasteiger partial charge >= 0.3 is 11.8 Å². The summed E-state index contributed by atoms with van der Waals surface area (Å²) >= 11 is 0. The Balaban J connectivity index is 1.62. The second-order valence-corrected chi connectivity index (χ2v) is 6.04. The molecule has 1 fully saturated rings. The highest BCUT2D eigenvalue weighted by atomic mass is 31.1. The molecular formula is C14H16FN6O2P. The van der Waals surface area contributed by atoms with Crippen LogP contribution in [0.25, 0.3) is 5.82 Å². The highest BCUT2D eigenvalue weighted by Gasteiger charge is 2.32. The van der Waals surface area contributed by atoms with Gasteiger partial charge in [0.2, 0.25) is 0 Å². The first-order valence-corrected chi connectivity index (χ1v) is 8.51. The normalized spacial score (nSPS) is 15.7. The molecule has 0 saturated carbocycles. The van der Waals surface area contributed by atoms with E-state index >= 15 is 0 Å². The number of piperazine rings is 1. The first-order chi connectivity index (χ1) is 11.7. The van der Waals surface area contributed by atoms with Crippen LogP contribution in [0.4, 0.5) is 4.20 Å². The Hall–Kier alpha value is -2.41. The Morgan fingerprint density at radius 1 is 1.17 bits per heavy atom. The van der Waals surface area contributed by atoms with Gasteiger partial charge in [0.05, 0.1) is 21.3 Å². The van der Waals surface area contributed by atoms with Crippen molar-refractivity contribution in [2.45, 2.75) is 6.54 Å². The maximum absolute atomic E-state index is 12.2. The molecule has 24 heavy (non-hydrogen) atoms. The van der Waals surface area contributed by atoms with Crippen molar-refractivity contribution in [3.8, 4) is 5.82 Å². The van der Waals surface area contributed by atoms with Crippen LogP contribution in [0.1, 0.15) is 5.56 Å². The van der Waals surface area contributed by atoms with Crippen LogP contribution in [0.3, 0.4) is 0 Å². The van der Waals surface area contributed by atoms with Gasteiger partial charge in [-0.1, -0.05) is 11.3 Å². The van der Waals surface area contributed by atoms with Crippen LogP contribution >= 0.6 is 8.89 Å². The lowest BCUT2D eigenvalue weighted by Crippen LogP contribution is -2.54. The van der Waals surface area contributed by atoms with Gasteiger partial charge in [0.25, 0.3) is 0 Å². The molecule has 2 aromatic heterocycles. The Morgan fingerprint density at radius 3 is 2.62 bits per heavy atom. The lowest BCUT2D eigenvalue weighted by molar-refractivity contribution is -0.156. The lowest BCUT2D eigenvalue weighted by atomic mass is 10.2. The molecule has 0 N–H and O–H groups in total. The van der Waals surface area contributed by atoms with E-state index in [1.54, 1.807) is 24.7 Å². The van der Waals surface area contributed by atoms with Gasteiger partial charge in [-0.15, -0.1) is 5.10 Å². The minimum Gasteiger partial charge on any atom is -0.332 e. The van der Waals surface area contributed by atoms with Crippen molar-refractivity contribution in [1.82, 2.24) is 29.8 Å². The van der Waals surface area contributed by atoms with Gasteiger partial charge in [0.15, 0.2) is 5.82 Å². The highest BCUT2D eigenvalue weighted by molar-refractivity contribution is 7.31. The van der Waals surface area contributed by atoms with Crippen LogP contribution in [-0.2, 0) is 16.1 Å². The van der Waals surface area contributed by atoms with Gasteiger partial charge in [-0.05, 0) is 11.6 Å². The standard InChI is InChI=1S/C14H16FN6O2P/c15-24-8-7-19-5-6-20(14(23)13(19)22)10-11-1-2-12(16-9-11)21-4-3-17-18-21/h1-4,9,24H,5-8,10H2. The fourth-order valence-corrected chi connectivity index (χ4v) is 2.81. The molecule has 10 heteroatoms. The van der Waals surface area contributed by atoms with Crippen molar-refractivity contribution in [2.75, 3.05) is 25.8 Å². The molecule has 3 rings (SSSR count). The third kappa shape index (κ3) is 3.56. The largest absolute Gasteiger partial charge is 0.332 e. The summed E-state index contributed by atoms with van der Waals surface area (Å²) in [5, 5.41) is 7.57. The van der Waals surface area contributed by atoms with E-state index in [9.17, 15) is 13.8 Å². The summed E-state index contributed by atoms with van der Waals surface area (Å²) < 4.78 is 13.8. The van der Waals surface area contributed by atoms with E-state index in [2.05, 4.69) is 15.3 Å². The molecule has 0 radical (unpaired) electrons. The molecule has 0 spiro atoms. The van der Waals surface area contributed by atoms with Gasteiger partial charge < -0.3 is 9.80 Å². The second kappa shape index (κ2) is 7.44. The summed E-state index contributed by atoms with van der Waals surface area (Å²) in [6.07, 6.45) is 5.17. The molecule has 1 unspecified atom stereocenters. The quantitative estimate of drug-likeness (QED) is 0.556. The maximum Gasteiger partial charge on any atom is 0.312 e. The summed E-state index contributed by atoms with van der Waals surface area (Å²) in [7, 11) is -0.714. The van der Waals surface area contributed by atoms with Crippen molar-refractivity contribution >= 4 is 20.7 Å². The third-order valence-electron chi connectivity index (χ3n) is 3.71. The smallest absolute Gasteiger partial charge is 0.312 e. The molecule has 2 amide bonds. The van der Waals surface area contributed by atoms with Crippen molar-refractivity contribution in [2.24, 2.45) is 0 Å². The number of carbonyl (C=O) groups excluding carboxylic acids is 2. The number of amides is 2. The van der Waals surface area contributed by atoms with Crippen LogP contribution in [-0.4, -0.2) is 67.4 Å². The van der Waals surface area contributed by atoms with Crippen LogP contribution < -0.4 is 0 Å². The first-order valence-electron chi connectivity index (χ1n) is 7.42. The fourth-order valence-electron chi connectivity index (χ4n) is 2.45. The zero-order valence-corrected chi connectivity index (χ0v) is 13.8. The van der Waals surface area contributed by atoms with E-state index in [1.165, 1.54) is 14.5 Å². The van der Waals surface area contributed by atoms with Crippen LogP contribution in [0.5, 0.6) is 0 Å². The van der Waals surface area contributed by atoms with Gasteiger partial charge in [-0.25, -0.2) is 13.9 Å². The monoisotopic (exact) mass is 350 g/mol. The minimum absolute atomic E-state index is 0.284. The summed E-state index contributed by atoms with van der Waals surface area (Å²) in [6.45, 7) is 1.47. The van der Waals surface area contributed by atoms with Crippen molar-refractivity contribution in [1.29, 1.82) is 0 Å². The molecular weight excluding hydrogens is 334 g/mol. The number of carbonyl (C=O) groups is 2. The molecule has 8 nitrogen and oxygen atoms in total. The van der Waals surface area contributed by atoms with E-state index in [0.29, 0.717) is 32.0 Å². The Kier molecular flexibility index (Phi) is 5.10. The van der Waals surface area contributed by atoms with Gasteiger partial charge in [-0.3, -0.25) is 9.59 Å². The number of aromatic nitrogens is 4. The van der Waals surface area contributed by atoms with Crippen LogP contribution in [0.2, 0.25) is 0 Å².